The van der Waals surface area contributed by atoms with Crippen molar-refractivity contribution in [1.29, 1.82) is 0 Å². The number of hydrogen-bond acceptors (Lipinski definition) is 5. The summed E-state index contributed by atoms with van der Waals surface area (Å²) in [7, 11) is 0. The SMILES string of the molecule is Cc1nc(Cl)c(C)c(Sc2ccc([N+](=O)[O-])cc2)n1. The largest absolute Gasteiger partial charge is 0.269 e. The van der Waals surface area contributed by atoms with Crippen LogP contribution >= 0.6 is 23.4 Å². The third kappa shape index (κ3) is 3.21. The van der Waals surface area contributed by atoms with Crippen LogP contribution in [0, 0.1) is 24.0 Å². The van der Waals surface area contributed by atoms with Crippen molar-refractivity contribution in [2.24, 2.45) is 0 Å². The monoisotopic (exact) mass is 295 g/mol. The summed E-state index contributed by atoms with van der Waals surface area (Å²) in [6.45, 7) is 3.61. The first-order valence-corrected chi connectivity index (χ1v) is 6.60. The van der Waals surface area contributed by atoms with Crippen LogP contribution in [0.1, 0.15) is 11.4 Å². The normalized spacial score (nSPS) is 10.5. The van der Waals surface area contributed by atoms with E-state index in [9.17, 15) is 10.1 Å². The van der Waals surface area contributed by atoms with Crippen molar-refractivity contribution in [2.45, 2.75) is 23.8 Å². The summed E-state index contributed by atoms with van der Waals surface area (Å²) in [6.07, 6.45) is 0. The van der Waals surface area contributed by atoms with Crippen molar-refractivity contribution >= 4 is 29.1 Å². The Bertz CT molecular complexity index is 632. The molecule has 0 aliphatic heterocycles. The molecule has 0 N–H and O–H groups in total. The molecule has 0 unspecified atom stereocenters. The first-order valence-electron chi connectivity index (χ1n) is 5.40. The molecule has 2 rings (SSSR count). The van der Waals surface area contributed by atoms with Gasteiger partial charge in [-0.25, -0.2) is 9.97 Å². The fourth-order valence-corrected chi connectivity index (χ4v) is 2.61. The molecule has 0 spiro atoms. The van der Waals surface area contributed by atoms with Crippen molar-refractivity contribution in [3.63, 3.8) is 0 Å². The molecule has 98 valence electrons. The minimum Gasteiger partial charge on any atom is -0.258 e. The lowest BCUT2D eigenvalue weighted by Gasteiger charge is -2.06. The molecule has 1 aromatic heterocycles. The van der Waals surface area contributed by atoms with Crippen LogP contribution in [-0.2, 0) is 0 Å². The second kappa shape index (κ2) is 5.54. The number of nitro benzene ring substituents is 1. The highest BCUT2D eigenvalue weighted by Crippen LogP contribution is 2.31. The van der Waals surface area contributed by atoms with Crippen molar-refractivity contribution in [1.82, 2.24) is 9.97 Å². The summed E-state index contributed by atoms with van der Waals surface area (Å²) in [5, 5.41) is 11.8. The lowest BCUT2D eigenvalue weighted by molar-refractivity contribution is -0.384. The van der Waals surface area contributed by atoms with E-state index in [1.165, 1.54) is 23.9 Å². The van der Waals surface area contributed by atoms with Crippen molar-refractivity contribution in [3.8, 4) is 0 Å². The number of benzene rings is 1. The summed E-state index contributed by atoms with van der Waals surface area (Å²) < 4.78 is 0. The van der Waals surface area contributed by atoms with Crippen LogP contribution < -0.4 is 0 Å². The molecule has 1 heterocycles. The average molecular weight is 296 g/mol. The number of nitro groups is 1. The Morgan fingerprint density at radius 1 is 1.21 bits per heavy atom. The molecule has 0 saturated heterocycles. The van der Waals surface area contributed by atoms with Gasteiger partial charge < -0.3 is 0 Å². The van der Waals surface area contributed by atoms with Crippen molar-refractivity contribution < 1.29 is 4.92 Å². The second-order valence-electron chi connectivity index (χ2n) is 3.84. The van der Waals surface area contributed by atoms with E-state index in [1.807, 2.05) is 6.92 Å². The van der Waals surface area contributed by atoms with Crippen LogP contribution in [0.2, 0.25) is 5.15 Å². The fourth-order valence-electron chi connectivity index (χ4n) is 1.42. The Hall–Kier alpha value is -1.66. The molecule has 0 radical (unpaired) electrons. The lowest BCUT2D eigenvalue weighted by Crippen LogP contribution is -1.95. The molecular weight excluding hydrogens is 286 g/mol. The van der Waals surface area contributed by atoms with Gasteiger partial charge in [-0.3, -0.25) is 10.1 Å². The molecular formula is C12H10ClN3O2S. The number of non-ortho nitro benzene ring substituents is 1. The van der Waals surface area contributed by atoms with Gasteiger partial charge in [0, 0.05) is 22.6 Å². The average Bonchev–Trinajstić information content (AvgIpc) is 2.36. The Balaban J connectivity index is 2.28. The summed E-state index contributed by atoms with van der Waals surface area (Å²) in [6, 6.07) is 6.31. The zero-order valence-electron chi connectivity index (χ0n) is 10.3. The highest BCUT2D eigenvalue weighted by molar-refractivity contribution is 7.99. The van der Waals surface area contributed by atoms with E-state index >= 15 is 0 Å². The van der Waals surface area contributed by atoms with Gasteiger partial charge in [-0.2, -0.15) is 0 Å². The Labute approximate surface area is 119 Å². The van der Waals surface area contributed by atoms with E-state index in [0.717, 1.165) is 15.5 Å². The van der Waals surface area contributed by atoms with Gasteiger partial charge in [-0.1, -0.05) is 23.4 Å². The fraction of sp³-hybridized carbons (Fsp3) is 0.167. The van der Waals surface area contributed by atoms with Crippen LogP contribution in [0.15, 0.2) is 34.2 Å². The maximum atomic E-state index is 10.6. The molecule has 0 amide bonds. The summed E-state index contributed by atoms with van der Waals surface area (Å²) >= 11 is 7.40. The van der Waals surface area contributed by atoms with Gasteiger partial charge >= 0.3 is 0 Å². The molecule has 0 atom stereocenters. The molecule has 0 aliphatic carbocycles. The van der Waals surface area contributed by atoms with Crippen LogP contribution in [0.25, 0.3) is 0 Å². The summed E-state index contributed by atoms with van der Waals surface area (Å²) in [5.74, 6) is 0.597. The third-order valence-electron chi connectivity index (χ3n) is 2.42. The zero-order chi connectivity index (χ0) is 14.0. The number of halogens is 1. The van der Waals surface area contributed by atoms with Crippen LogP contribution in [0.3, 0.4) is 0 Å². The van der Waals surface area contributed by atoms with Crippen molar-refractivity contribution in [2.75, 3.05) is 0 Å². The highest BCUT2D eigenvalue weighted by Gasteiger charge is 2.10. The van der Waals surface area contributed by atoms with Gasteiger partial charge in [0.15, 0.2) is 0 Å². The smallest absolute Gasteiger partial charge is 0.258 e. The molecule has 5 nitrogen and oxygen atoms in total. The molecule has 0 fully saturated rings. The third-order valence-corrected chi connectivity index (χ3v) is 3.88. The van der Waals surface area contributed by atoms with Crippen LogP contribution in [0.4, 0.5) is 5.69 Å². The van der Waals surface area contributed by atoms with Crippen LogP contribution in [-0.4, -0.2) is 14.9 Å². The topological polar surface area (TPSA) is 68.9 Å². The van der Waals surface area contributed by atoms with Crippen molar-refractivity contribution in [3.05, 3.63) is 50.9 Å². The van der Waals surface area contributed by atoms with Gasteiger partial charge in [0.1, 0.15) is 16.0 Å². The zero-order valence-corrected chi connectivity index (χ0v) is 11.8. The van der Waals surface area contributed by atoms with E-state index in [0.29, 0.717) is 11.0 Å². The van der Waals surface area contributed by atoms with E-state index < -0.39 is 4.92 Å². The molecule has 19 heavy (non-hydrogen) atoms. The van der Waals surface area contributed by atoms with Gasteiger partial charge in [-0.05, 0) is 26.0 Å². The number of rotatable bonds is 3. The highest BCUT2D eigenvalue weighted by atomic mass is 35.5. The maximum Gasteiger partial charge on any atom is 0.269 e. The molecule has 0 saturated carbocycles. The predicted molar refractivity (Wildman–Crippen MR) is 73.7 cm³/mol. The number of hydrogen-bond donors (Lipinski definition) is 0. The van der Waals surface area contributed by atoms with E-state index in [-0.39, 0.29) is 5.69 Å². The quantitative estimate of drug-likeness (QED) is 0.489. The number of aryl methyl sites for hydroxylation is 1. The van der Waals surface area contributed by atoms with Gasteiger partial charge in [-0.15, -0.1) is 0 Å². The minimum absolute atomic E-state index is 0.0676. The van der Waals surface area contributed by atoms with E-state index in [2.05, 4.69) is 9.97 Å². The maximum absolute atomic E-state index is 10.6. The first-order chi connectivity index (χ1) is 8.97. The van der Waals surface area contributed by atoms with E-state index in [4.69, 9.17) is 11.6 Å². The molecule has 0 aliphatic rings. The summed E-state index contributed by atoms with van der Waals surface area (Å²) in [4.78, 5) is 19.4. The first kappa shape index (κ1) is 13.8. The second-order valence-corrected chi connectivity index (χ2v) is 5.27. The number of nitrogens with zero attached hydrogens (tertiary/aromatic N) is 3. The Morgan fingerprint density at radius 3 is 2.42 bits per heavy atom. The standard InChI is InChI=1S/C12H10ClN3O2S/c1-7-11(13)14-8(2)15-12(7)19-10-5-3-9(4-6-10)16(17)18/h3-6H,1-2H3. The van der Waals surface area contributed by atoms with Crippen LogP contribution in [0.5, 0.6) is 0 Å². The number of aromatic nitrogens is 2. The Kier molecular flexibility index (Phi) is 4.01. The summed E-state index contributed by atoms with van der Waals surface area (Å²) in [5.41, 5.74) is 0.869. The minimum atomic E-state index is -0.425. The molecule has 7 heteroatoms. The van der Waals surface area contributed by atoms with Gasteiger partial charge in [0.2, 0.25) is 0 Å². The van der Waals surface area contributed by atoms with E-state index in [1.54, 1.807) is 19.1 Å². The molecule has 0 bridgehead atoms. The predicted octanol–water partition coefficient (Wildman–Crippen LogP) is 3.81. The van der Waals surface area contributed by atoms with Gasteiger partial charge in [0.05, 0.1) is 4.92 Å². The van der Waals surface area contributed by atoms with Gasteiger partial charge in [0.25, 0.3) is 5.69 Å². The lowest BCUT2D eigenvalue weighted by atomic mass is 10.3. The molecule has 2 aromatic rings. The Morgan fingerprint density at radius 2 is 1.84 bits per heavy atom. The molecule has 1 aromatic carbocycles.